The average Bonchev–Trinajstić information content (AvgIpc) is 3.19. The number of nitrogens with two attached hydrogens (primary N) is 1. The van der Waals surface area contributed by atoms with Crippen LogP contribution in [0, 0.1) is 0 Å². The Hall–Kier alpha value is -4.01. The molecule has 0 saturated heterocycles. The highest BCUT2D eigenvalue weighted by atomic mass is 16.5. The smallest absolute Gasteiger partial charge is 0.361 e. The van der Waals surface area contributed by atoms with Crippen LogP contribution in [0.4, 0.5) is 5.69 Å². The van der Waals surface area contributed by atoms with Crippen molar-refractivity contribution < 1.29 is 19.1 Å². The third kappa shape index (κ3) is 4.39. The fourth-order valence-corrected chi connectivity index (χ4v) is 2.28. The summed E-state index contributed by atoms with van der Waals surface area (Å²) in [6, 6.07) is 15.1. The number of nitrogens with one attached hydrogen (secondary N) is 1. The number of esters is 1. The van der Waals surface area contributed by atoms with Crippen LogP contribution in [0.1, 0.15) is 27.8 Å². The van der Waals surface area contributed by atoms with Crippen molar-refractivity contribution in [3.8, 4) is 5.69 Å². The Balaban J connectivity index is 1.60. The SMILES string of the molecule is C[C@H](OC(=O)c1cnn(-c2ccccc2)n1)C(=O)Nc1ccc(C(N)=O)cc1. The van der Waals surface area contributed by atoms with Gasteiger partial charge in [-0.25, -0.2) is 4.79 Å². The van der Waals surface area contributed by atoms with E-state index in [0.717, 1.165) is 0 Å². The van der Waals surface area contributed by atoms with Gasteiger partial charge >= 0.3 is 5.97 Å². The van der Waals surface area contributed by atoms with E-state index < -0.39 is 23.9 Å². The number of rotatable bonds is 6. The molecule has 3 aromatic rings. The van der Waals surface area contributed by atoms with Gasteiger partial charge in [0.25, 0.3) is 5.91 Å². The van der Waals surface area contributed by atoms with Crippen molar-refractivity contribution in [3.05, 3.63) is 72.1 Å². The van der Waals surface area contributed by atoms with Crippen molar-refractivity contribution in [2.75, 3.05) is 5.32 Å². The molecule has 142 valence electrons. The molecule has 0 aliphatic heterocycles. The number of carbonyl (C=O) groups is 3. The van der Waals surface area contributed by atoms with Gasteiger partial charge in [0.15, 0.2) is 11.8 Å². The lowest BCUT2D eigenvalue weighted by Crippen LogP contribution is -2.30. The maximum absolute atomic E-state index is 12.2. The molecule has 0 spiro atoms. The molecule has 2 aromatic carbocycles. The Kier molecular flexibility index (Phi) is 5.45. The minimum atomic E-state index is -1.06. The van der Waals surface area contributed by atoms with E-state index in [9.17, 15) is 14.4 Å². The van der Waals surface area contributed by atoms with E-state index in [2.05, 4.69) is 15.5 Å². The molecule has 2 amide bonds. The van der Waals surface area contributed by atoms with Crippen LogP contribution in [0.5, 0.6) is 0 Å². The molecule has 0 saturated carbocycles. The summed E-state index contributed by atoms with van der Waals surface area (Å²) in [5.74, 6) is -1.87. The topological polar surface area (TPSA) is 129 Å². The van der Waals surface area contributed by atoms with Gasteiger partial charge in [0, 0.05) is 11.3 Å². The second-order valence-electron chi connectivity index (χ2n) is 5.83. The molecule has 9 heteroatoms. The molecular formula is C19H17N5O4. The van der Waals surface area contributed by atoms with Gasteiger partial charge in [0.2, 0.25) is 5.91 Å². The number of hydrogen-bond donors (Lipinski definition) is 2. The number of ether oxygens (including phenoxy) is 1. The predicted molar refractivity (Wildman–Crippen MR) is 99.8 cm³/mol. The monoisotopic (exact) mass is 379 g/mol. The summed E-state index contributed by atoms with van der Waals surface area (Å²) in [4.78, 5) is 36.8. The third-order valence-corrected chi connectivity index (χ3v) is 3.78. The largest absolute Gasteiger partial charge is 0.448 e. The minimum Gasteiger partial charge on any atom is -0.448 e. The van der Waals surface area contributed by atoms with Crippen LogP contribution in [-0.2, 0) is 9.53 Å². The first kappa shape index (κ1) is 18.8. The van der Waals surface area contributed by atoms with E-state index in [4.69, 9.17) is 10.5 Å². The van der Waals surface area contributed by atoms with Crippen LogP contribution in [0.3, 0.4) is 0 Å². The Morgan fingerprint density at radius 3 is 2.39 bits per heavy atom. The highest BCUT2D eigenvalue weighted by Gasteiger charge is 2.21. The molecule has 0 aliphatic rings. The van der Waals surface area contributed by atoms with Crippen LogP contribution in [0.25, 0.3) is 5.69 Å². The van der Waals surface area contributed by atoms with Gasteiger partial charge in [-0.15, -0.1) is 5.10 Å². The summed E-state index contributed by atoms with van der Waals surface area (Å²) < 4.78 is 5.14. The summed E-state index contributed by atoms with van der Waals surface area (Å²) in [5.41, 5.74) is 6.59. The number of aromatic nitrogens is 3. The average molecular weight is 379 g/mol. The van der Waals surface area contributed by atoms with Gasteiger partial charge in [-0.2, -0.15) is 9.90 Å². The van der Waals surface area contributed by atoms with E-state index in [0.29, 0.717) is 16.9 Å². The molecule has 28 heavy (non-hydrogen) atoms. The lowest BCUT2D eigenvalue weighted by Gasteiger charge is -2.12. The number of primary amides is 1. The minimum absolute atomic E-state index is 0.0192. The lowest BCUT2D eigenvalue weighted by molar-refractivity contribution is -0.123. The van der Waals surface area contributed by atoms with Gasteiger partial charge in [-0.3, -0.25) is 9.59 Å². The Bertz CT molecular complexity index is 999. The quantitative estimate of drug-likeness (QED) is 0.625. The number of carbonyl (C=O) groups excluding carboxylic acids is 3. The molecule has 1 aromatic heterocycles. The van der Waals surface area contributed by atoms with Crippen molar-refractivity contribution in [2.24, 2.45) is 5.73 Å². The van der Waals surface area contributed by atoms with Crippen LogP contribution in [0.2, 0.25) is 0 Å². The van der Waals surface area contributed by atoms with Gasteiger partial charge in [0.1, 0.15) is 0 Å². The zero-order valence-electron chi connectivity index (χ0n) is 14.9. The molecule has 1 heterocycles. The molecule has 0 aliphatic carbocycles. The second-order valence-corrected chi connectivity index (χ2v) is 5.83. The predicted octanol–water partition coefficient (Wildman–Crippen LogP) is 1.55. The zero-order valence-corrected chi connectivity index (χ0v) is 14.9. The van der Waals surface area contributed by atoms with Gasteiger partial charge < -0.3 is 15.8 Å². The lowest BCUT2D eigenvalue weighted by atomic mass is 10.2. The van der Waals surface area contributed by atoms with E-state index in [1.165, 1.54) is 42.2 Å². The summed E-state index contributed by atoms with van der Waals surface area (Å²) in [7, 11) is 0. The maximum Gasteiger partial charge on any atom is 0.361 e. The second kappa shape index (κ2) is 8.12. The van der Waals surface area contributed by atoms with Crippen LogP contribution < -0.4 is 11.1 Å². The first-order valence-corrected chi connectivity index (χ1v) is 8.33. The van der Waals surface area contributed by atoms with Crippen LogP contribution in [0.15, 0.2) is 60.8 Å². The zero-order chi connectivity index (χ0) is 20.1. The highest BCUT2D eigenvalue weighted by molar-refractivity contribution is 5.97. The molecule has 0 bridgehead atoms. The van der Waals surface area contributed by atoms with Crippen molar-refractivity contribution in [1.82, 2.24) is 15.0 Å². The Labute approximate surface area is 160 Å². The number of para-hydroxylation sites is 1. The maximum atomic E-state index is 12.2. The highest BCUT2D eigenvalue weighted by Crippen LogP contribution is 2.11. The van der Waals surface area contributed by atoms with Gasteiger partial charge in [0.05, 0.1) is 11.9 Å². The van der Waals surface area contributed by atoms with E-state index in [1.807, 2.05) is 18.2 Å². The normalized spacial score (nSPS) is 11.5. The number of amides is 2. The molecule has 3 N–H and O–H groups in total. The van der Waals surface area contributed by atoms with Crippen molar-refractivity contribution >= 4 is 23.5 Å². The number of benzene rings is 2. The van der Waals surface area contributed by atoms with E-state index in [-0.39, 0.29) is 5.69 Å². The first-order valence-electron chi connectivity index (χ1n) is 8.33. The van der Waals surface area contributed by atoms with Crippen molar-refractivity contribution in [1.29, 1.82) is 0 Å². The van der Waals surface area contributed by atoms with Crippen LogP contribution in [-0.4, -0.2) is 38.9 Å². The molecule has 0 radical (unpaired) electrons. The summed E-state index contributed by atoms with van der Waals surface area (Å²) in [6.07, 6.45) is 0.202. The summed E-state index contributed by atoms with van der Waals surface area (Å²) >= 11 is 0. The van der Waals surface area contributed by atoms with E-state index in [1.54, 1.807) is 12.1 Å². The third-order valence-electron chi connectivity index (χ3n) is 3.78. The molecular weight excluding hydrogens is 362 g/mol. The molecule has 0 fully saturated rings. The number of anilines is 1. The van der Waals surface area contributed by atoms with Crippen molar-refractivity contribution in [3.63, 3.8) is 0 Å². The summed E-state index contributed by atoms with van der Waals surface area (Å²) in [5, 5.41) is 10.7. The van der Waals surface area contributed by atoms with Crippen LogP contribution >= 0.6 is 0 Å². The Morgan fingerprint density at radius 1 is 1.07 bits per heavy atom. The molecule has 3 rings (SSSR count). The Morgan fingerprint density at radius 2 is 1.75 bits per heavy atom. The first-order chi connectivity index (χ1) is 13.4. The standard InChI is InChI=1S/C19H17N5O4/c1-12(18(26)22-14-9-7-13(8-10-14)17(20)25)28-19(27)16-11-21-24(23-16)15-5-3-2-4-6-15/h2-12H,1H3,(H2,20,25)(H,22,26)/t12-/m0/s1. The fourth-order valence-electron chi connectivity index (χ4n) is 2.28. The number of hydrogen-bond acceptors (Lipinski definition) is 6. The van der Waals surface area contributed by atoms with E-state index >= 15 is 0 Å². The summed E-state index contributed by atoms with van der Waals surface area (Å²) in [6.45, 7) is 1.44. The van der Waals surface area contributed by atoms with Gasteiger partial charge in [-0.1, -0.05) is 18.2 Å². The fraction of sp³-hybridized carbons (Fsp3) is 0.105. The number of nitrogens with zero attached hydrogens (tertiary/aromatic N) is 3. The van der Waals surface area contributed by atoms with Crippen molar-refractivity contribution in [2.45, 2.75) is 13.0 Å². The molecule has 0 unspecified atom stereocenters. The molecule has 1 atom stereocenters. The molecule has 9 nitrogen and oxygen atoms in total. The van der Waals surface area contributed by atoms with Gasteiger partial charge in [-0.05, 0) is 43.3 Å².